The number of aromatic nitrogens is 2. The van der Waals surface area contributed by atoms with Crippen LogP contribution in [0.2, 0.25) is 0 Å². The molecule has 1 aliphatic rings. The van der Waals surface area contributed by atoms with E-state index in [-0.39, 0.29) is 12.1 Å². The number of nitrogens with zero attached hydrogens (tertiary/aromatic N) is 4. The molecule has 3 heterocycles. The van der Waals surface area contributed by atoms with Crippen LogP contribution in [0, 0.1) is 18.6 Å². The van der Waals surface area contributed by atoms with E-state index in [4.69, 9.17) is 0 Å². The molecule has 0 atom stereocenters. The number of urea groups is 1. The molecular weight excluding hydrogens is 412 g/mol. The normalized spacial score (nSPS) is 14.3. The van der Waals surface area contributed by atoms with E-state index in [1.807, 2.05) is 25.1 Å². The Morgan fingerprint density at radius 3 is 2.44 bits per heavy atom. The molecule has 1 N–H and O–H groups in total. The maximum Gasteiger partial charge on any atom is 0.321 e. The third-order valence-corrected chi connectivity index (χ3v) is 5.70. The van der Waals surface area contributed by atoms with Crippen molar-refractivity contribution < 1.29 is 13.6 Å². The minimum atomic E-state index is -0.662. The van der Waals surface area contributed by atoms with Crippen molar-refractivity contribution in [2.75, 3.05) is 30.4 Å². The number of amides is 2. The molecule has 1 aliphatic heterocycles. The van der Waals surface area contributed by atoms with Gasteiger partial charge in [0, 0.05) is 43.5 Å². The second kappa shape index (κ2) is 9.30. The monoisotopic (exact) mass is 437 g/mol. The van der Waals surface area contributed by atoms with Crippen LogP contribution >= 0.6 is 0 Å². The van der Waals surface area contributed by atoms with Crippen LogP contribution in [0.15, 0.2) is 54.7 Å². The molecule has 0 bridgehead atoms. The van der Waals surface area contributed by atoms with Crippen LogP contribution in [0.1, 0.15) is 18.5 Å². The van der Waals surface area contributed by atoms with E-state index in [0.717, 1.165) is 43.5 Å². The molecular formula is C24H25F2N5O. The number of benzene rings is 1. The molecule has 8 heteroatoms. The Hall–Kier alpha value is -3.55. The van der Waals surface area contributed by atoms with E-state index in [9.17, 15) is 13.6 Å². The Morgan fingerprint density at radius 1 is 1.09 bits per heavy atom. The largest absolute Gasteiger partial charge is 0.356 e. The Morgan fingerprint density at radius 2 is 1.81 bits per heavy atom. The number of piperidine rings is 1. The molecule has 166 valence electrons. The third-order valence-electron chi connectivity index (χ3n) is 5.70. The van der Waals surface area contributed by atoms with Gasteiger partial charge in [0.15, 0.2) is 0 Å². The molecule has 6 nitrogen and oxygen atoms in total. The molecule has 0 aliphatic carbocycles. The highest BCUT2D eigenvalue weighted by molar-refractivity contribution is 5.89. The number of carbonyl (C=O) groups excluding carboxylic acids is 1. The molecule has 0 saturated carbocycles. The van der Waals surface area contributed by atoms with Crippen molar-refractivity contribution in [3.05, 3.63) is 72.1 Å². The number of pyridine rings is 2. The van der Waals surface area contributed by atoms with E-state index in [0.29, 0.717) is 16.9 Å². The first-order valence-electron chi connectivity index (χ1n) is 10.5. The fourth-order valence-electron chi connectivity index (χ4n) is 3.90. The zero-order valence-corrected chi connectivity index (χ0v) is 18.1. The maximum absolute atomic E-state index is 13.4. The molecule has 0 radical (unpaired) electrons. The number of rotatable bonds is 4. The average molecular weight is 437 g/mol. The summed E-state index contributed by atoms with van der Waals surface area (Å²) in [5.41, 5.74) is 2.27. The predicted molar refractivity (Wildman–Crippen MR) is 121 cm³/mol. The van der Waals surface area contributed by atoms with Crippen molar-refractivity contribution in [1.29, 1.82) is 0 Å². The van der Waals surface area contributed by atoms with Gasteiger partial charge in [-0.2, -0.15) is 0 Å². The second-order valence-corrected chi connectivity index (χ2v) is 7.99. The summed E-state index contributed by atoms with van der Waals surface area (Å²) in [6.45, 7) is 3.64. The fourth-order valence-corrected chi connectivity index (χ4v) is 3.90. The van der Waals surface area contributed by atoms with Crippen molar-refractivity contribution in [3.63, 3.8) is 0 Å². The summed E-state index contributed by atoms with van der Waals surface area (Å²) in [6, 6.07) is 12.4. The van der Waals surface area contributed by atoms with Gasteiger partial charge < -0.3 is 15.1 Å². The molecule has 1 fully saturated rings. The number of halogens is 2. The highest BCUT2D eigenvalue weighted by Gasteiger charge is 2.26. The lowest BCUT2D eigenvalue weighted by atomic mass is 10.0. The number of hydrogen-bond acceptors (Lipinski definition) is 4. The zero-order valence-electron chi connectivity index (χ0n) is 18.1. The molecule has 32 heavy (non-hydrogen) atoms. The summed E-state index contributed by atoms with van der Waals surface area (Å²) >= 11 is 0. The molecule has 0 spiro atoms. The lowest BCUT2D eigenvalue weighted by Gasteiger charge is -2.37. The smallest absolute Gasteiger partial charge is 0.321 e. The van der Waals surface area contributed by atoms with Gasteiger partial charge in [-0.25, -0.2) is 18.6 Å². The molecule has 2 amide bonds. The van der Waals surface area contributed by atoms with E-state index < -0.39 is 11.6 Å². The average Bonchev–Trinajstić information content (AvgIpc) is 2.78. The van der Waals surface area contributed by atoms with Gasteiger partial charge in [-0.15, -0.1) is 0 Å². The summed E-state index contributed by atoms with van der Waals surface area (Å²) in [4.78, 5) is 25.5. The number of aryl methyl sites for hydroxylation is 1. The fraction of sp³-hybridized carbons (Fsp3) is 0.292. The Bertz CT molecular complexity index is 1080. The molecule has 3 aromatic rings. The minimum absolute atomic E-state index is 0.124. The summed E-state index contributed by atoms with van der Waals surface area (Å²) in [7, 11) is 1.79. The standard InChI is InChI=1S/C24H25F2N5O/c1-16-4-3-5-23(28-16)31-10-8-21(9-11-31)30(2)24(32)29-20-6-7-22(27-15-20)17-12-18(25)14-19(26)13-17/h3-7,12-15,21H,8-11H2,1-2H3,(H,29,32). The van der Waals surface area contributed by atoms with Crippen molar-refractivity contribution in [1.82, 2.24) is 14.9 Å². The van der Waals surface area contributed by atoms with Crippen LogP contribution in [0.5, 0.6) is 0 Å². The summed E-state index contributed by atoms with van der Waals surface area (Å²) in [6.07, 6.45) is 3.18. The van der Waals surface area contributed by atoms with Gasteiger partial charge in [-0.1, -0.05) is 6.07 Å². The van der Waals surface area contributed by atoms with Crippen LogP contribution < -0.4 is 10.2 Å². The molecule has 1 aromatic carbocycles. The number of nitrogens with one attached hydrogen (secondary N) is 1. The van der Waals surface area contributed by atoms with E-state index in [2.05, 4.69) is 20.2 Å². The third kappa shape index (κ3) is 5.01. The Labute approximate surface area is 185 Å². The lowest BCUT2D eigenvalue weighted by Crippen LogP contribution is -2.47. The van der Waals surface area contributed by atoms with Gasteiger partial charge in [0.1, 0.15) is 17.5 Å². The quantitative estimate of drug-likeness (QED) is 0.633. The molecule has 4 rings (SSSR count). The Kier molecular flexibility index (Phi) is 6.30. The van der Waals surface area contributed by atoms with Gasteiger partial charge >= 0.3 is 6.03 Å². The summed E-state index contributed by atoms with van der Waals surface area (Å²) < 4.78 is 26.9. The zero-order chi connectivity index (χ0) is 22.7. The van der Waals surface area contributed by atoms with Crippen LogP contribution in [-0.4, -0.2) is 47.1 Å². The first-order chi connectivity index (χ1) is 15.4. The second-order valence-electron chi connectivity index (χ2n) is 7.99. The minimum Gasteiger partial charge on any atom is -0.356 e. The van der Waals surface area contributed by atoms with Gasteiger partial charge in [0.25, 0.3) is 0 Å². The van der Waals surface area contributed by atoms with Crippen LogP contribution in [0.25, 0.3) is 11.3 Å². The Balaban J connectivity index is 1.34. The topological polar surface area (TPSA) is 61.4 Å². The van der Waals surface area contributed by atoms with Crippen LogP contribution in [0.4, 0.5) is 25.1 Å². The van der Waals surface area contributed by atoms with E-state index in [1.54, 1.807) is 24.1 Å². The molecule has 0 unspecified atom stereocenters. The number of carbonyl (C=O) groups is 1. The highest BCUT2D eigenvalue weighted by Crippen LogP contribution is 2.23. The van der Waals surface area contributed by atoms with Gasteiger partial charge in [0.05, 0.1) is 17.6 Å². The van der Waals surface area contributed by atoms with Crippen LogP contribution in [-0.2, 0) is 0 Å². The van der Waals surface area contributed by atoms with Gasteiger partial charge in [0.2, 0.25) is 0 Å². The van der Waals surface area contributed by atoms with Crippen LogP contribution in [0.3, 0.4) is 0 Å². The summed E-state index contributed by atoms with van der Waals surface area (Å²) in [5, 5.41) is 2.84. The highest BCUT2D eigenvalue weighted by atomic mass is 19.1. The van der Waals surface area contributed by atoms with Crippen molar-refractivity contribution in [3.8, 4) is 11.3 Å². The van der Waals surface area contributed by atoms with Gasteiger partial charge in [-0.3, -0.25) is 4.98 Å². The first kappa shape index (κ1) is 21.7. The van der Waals surface area contributed by atoms with E-state index in [1.165, 1.54) is 18.3 Å². The van der Waals surface area contributed by atoms with Crippen molar-refractivity contribution in [2.24, 2.45) is 0 Å². The SMILES string of the molecule is Cc1cccc(N2CCC(N(C)C(=O)Nc3ccc(-c4cc(F)cc(F)c4)nc3)CC2)n1. The predicted octanol–water partition coefficient (Wildman–Crippen LogP) is 4.86. The molecule has 1 saturated heterocycles. The number of hydrogen-bond donors (Lipinski definition) is 1. The first-order valence-corrected chi connectivity index (χ1v) is 10.5. The van der Waals surface area contributed by atoms with Gasteiger partial charge in [-0.05, 0) is 56.2 Å². The van der Waals surface area contributed by atoms with Crippen molar-refractivity contribution >= 4 is 17.5 Å². The summed E-state index contributed by atoms with van der Waals surface area (Å²) in [5.74, 6) is -0.352. The number of anilines is 2. The van der Waals surface area contributed by atoms with E-state index >= 15 is 0 Å². The van der Waals surface area contributed by atoms with Crippen molar-refractivity contribution in [2.45, 2.75) is 25.8 Å². The molecule has 2 aromatic heterocycles. The lowest BCUT2D eigenvalue weighted by molar-refractivity contribution is 0.193. The maximum atomic E-state index is 13.4.